The molecule has 7 rings (SSSR count). The van der Waals surface area contributed by atoms with Crippen molar-refractivity contribution in [1.29, 1.82) is 5.26 Å². The van der Waals surface area contributed by atoms with Crippen LogP contribution in [0.25, 0.3) is 16.6 Å². The van der Waals surface area contributed by atoms with E-state index in [1.165, 1.54) is 6.42 Å². The molecule has 1 N–H and O–H groups in total. The summed E-state index contributed by atoms with van der Waals surface area (Å²) in [6, 6.07) is 14.2. The molecule has 38 heavy (non-hydrogen) atoms. The SMILES string of the molecule is N#Cc1cnn2cc(OC3CC4CC4C3)cc(-c3ccc(N4CCC(O)(Cc5ccccn5)CC4)nc3)c12. The number of fused-ring (bicyclic) bond motifs is 2. The van der Waals surface area contributed by atoms with Crippen molar-refractivity contribution in [3.05, 3.63) is 72.4 Å². The summed E-state index contributed by atoms with van der Waals surface area (Å²) >= 11 is 0. The fourth-order valence-corrected chi connectivity index (χ4v) is 6.31. The lowest BCUT2D eigenvalue weighted by Gasteiger charge is -2.38. The first kappa shape index (κ1) is 23.2. The summed E-state index contributed by atoms with van der Waals surface area (Å²) in [6.45, 7) is 1.46. The Morgan fingerprint density at radius 2 is 1.89 bits per heavy atom. The van der Waals surface area contributed by atoms with E-state index in [2.05, 4.69) is 27.1 Å². The van der Waals surface area contributed by atoms with Gasteiger partial charge in [-0.15, -0.1) is 0 Å². The van der Waals surface area contributed by atoms with Crippen LogP contribution in [0.3, 0.4) is 0 Å². The van der Waals surface area contributed by atoms with Crippen molar-refractivity contribution in [2.75, 3.05) is 18.0 Å². The van der Waals surface area contributed by atoms with Gasteiger partial charge in [-0.05, 0) is 74.3 Å². The van der Waals surface area contributed by atoms with E-state index < -0.39 is 5.60 Å². The summed E-state index contributed by atoms with van der Waals surface area (Å²) < 4.78 is 8.12. The Morgan fingerprint density at radius 3 is 2.61 bits per heavy atom. The third-order valence-electron chi connectivity index (χ3n) is 8.52. The van der Waals surface area contributed by atoms with Crippen LogP contribution in [0.1, 0.15) is 43.4 Å². The maximum atomic E-state index is 11.1. The maximum Gasteiger partial charge on any atom is 0.138 e. The molecule has 4 aromatic rings. The Kier molecular flexibility index (Phi) is 5.55. The molecule has 8 nitrogen and oxygen atoms in total. The third-order valence-corrected chi connectivity index (χ3v) is 8.52. The van der Waals surface area contributed by atoms with Crippen LogP contribution in [0.15, 0.2) is 61.2 Å². The van der Waals surface area contributed by atoms with E-state index in [0.717, 1.165) is 71.7 Å². The van der Waals surface area contributed by atoms with Crippen molar-refractivity contribution in [3.63, 3.8) is 0 Å². The Morgan fingerprint density at radius 1 is 1.05 bits per heavy atom. The summed E-state index contributed by atoms with van der Waals surface area (Å²) in [5.41, 5.74) is 3.28. The topological polar surface area (TPSA) is 99.6 Å². The van der Waals surface area contributed by atoms with Gasteiger partial charge in [-0.2, -0.15) is 10.4 Å². The smallest absolute Gasteiger partial charge is 0.138 e. The van der Waals surface area contributed by atoms with Gasteiger partial charge < -0.3 is 14.7 Å². The van der Waals surface area contributed by atoms with E-state index >= 15 is 0 Å². The van der Waals surface area contributed by atoms with Gasteiger partial charge in [-0.3, -0.25) is 4.98 Å². The molecule has 0 spiro atoms. The van der Waals surface area contributed by atoms with Gasteiger partial charge in [0.25, 0.3) is 0 Å². The predicted molar refractivity (Wildman–Crippen MR) is 143 cm³/mol. The van der Waals surface area contributed by atoms with E-state index in [-0.39, 0.29) is 6.10 Å². The van der Waals surface area contributed by atoms with E-state index in [0.29, 0.717) is 24.8 Å². The zero-order valence-electron chi connectivity index (χ0n) is 21.2. The first-order valence-electron chi connectivity index (χ1n) is 13.5. The highest BCUT2D eigenvalue weighted by atomic mass is 16.5. The number of ether oxygens (including phenoxy) is 1. The highest BCUT2D eigenvalue weighted by Gasteiger charge is 2.46. The van der Waals surface area contributed by atoms with Crippen molar-refractivity contribution >= 4 is 11.3 Å². The largest absolute Gasteiger partial charge is 0.489 e. The minimum absolute atomic E-state index is 0.256. The lowest BCUT2D eigenvalue weighted by Crippen LogP contribution is -2.46. The lowest BCUT2D eigenvalue weighted by atomic mass is 9.87. The maximum absolute atomic E-state index is 11.1. The van der Waals surface area contributed by atoms with Crippen LogP contribution in [-0.2, 0) is 6.42 Å². The van der Waals surface area contributed by atoms with E-state index in [9.17, 15) is 10.4 Å². The molecule has 0 radical (unpaired) electrons. The van der Waals surface area contributed by atoms with Gasteiger partial charge in [0.1, 0.15) is 17.6 Å². The Balaban J connectivity index is 1.10. The molecule has 3 aliphatic rings. The fourth-order valence-electron chi connectivity index (χ4n) is 6.31. The molecule has 2 aliphatic carbocycles. The fraction of sp³-hybridized carbons (Fsp3) is 0.400. The molecule has 0 bridgehead atoms. The van der Waals surface area contributed by atoms with E-state index in [1.807, 2.05) is 42.7 Å². The van der Waals surface area contributed by atoms with Crippen LogP contribution in [0.4, 0.5) is 5.82 Å². The minimum Gasteiger partial charge on any atom is -0.489 e. The van der Waals surface area contributed by atoms with Crippen LogP contribution in [0, 0.1) is 23.2 Å². The molecule has 5 heterocycles. The normalized spacial score (nSPS) is 23.7. The predicted octanol–water partition coefficient (Wildman–Crippen LogP) is 4.41. The van der Waals surface area contributed by atoms with Crippen LogP contribution in [0.5, 0.6) is 5.75 Å². The van der Waals surface area contributed by atoms with Crippen molar-refractivity contribution in [2.45, 2.75) is 50.2 Å². The molecular formula is C30H30N6O2. The number of nitriles is 1. The van der Waals surface area contributed by atoms with Crippen molar-refractivity contribution in [1.82, 2.24) is 19.6 Å². The molecule has 2 saturated carbocycles. The standard InChI is InChI=1S/C30H30N6O2/c31-16-23-18-34-36-19-26(38-25-12-21-11-22(21)13-25)14-27(29(23)36)20-4-5-28(33-17-20)35-9-6-30(37,7-10-35)15-24-3-1-2-8-32-24/h1-5,8,14,17-19,21-22,25,37H,6-7,9-13,15H2. The number of nitrogens with zero attached hydrogens (tertiary/aromatic N) is 6. The highest BCUT2D eigenvalue weighted by Crippen LogP contribution is 2.52. The zero-order valence-corrected chi connectivity index (χ0v) is 21.2. The first-order chi connectivity index (χ1) is 18.6. The molecule has 2 unspecified atom stereocenters. The van der Waals surface area contributed by atoms with Gasteiger partial charge in [0.05, 0.1) is 35.2 Å². The summed E-state index contributed by atoms with van der Waals surface area (Å²) in [5.74, 6) is 3.35. The Hall–Kier alpha value is -3.96. The molecule has 0 aromatic carbocycles. The van der Waals surface area contributed by atoms with Crippen molar-refractivity contribution < 1.29 is 9.84 Å². The third kappa shape index (κ3) is 4.37. The number of hydrogen-bond donors (Lipinski definition) is 1. The second kappa shape index (κ2) is 9.10. The molecule has 8 heteroatoms. The molecule has 0 amide bonds. The summed E-state index contributed by atoms with van der Waals surface area (Å²) in [6.07, 6.45) is 12.9. The zero-order chi connectivity index (χ0) is 25.7. The number of piperidine rings is 1. The minimum atomic E-state index is -0.744. The van der Waals surface area contributed by atoms with Gasteiger partial charge in [0.2, 0.25) is 0 Å². The number of aromatic nitrogens is 4. The van der Waals surface area contributed by atoms with Gasteiger partial charge in [-0.1, -0.05) is 6.07 Å². The molecule has 2 atom stereocenters. The number of pyridine rings is 3. The van der Waals surface area contributed by atoms with Gasteiger partial charge in [0, 0.05) is 48.7 Å². The molecule has 192 valence electrons. The number of hydrogen-bond acceptors (Lipinski definition) is 7. The number of rotatable bonds is 6. The monoisotopic (exact) mass is 506 g/mol. The summed E-state index contributed by atoms with van der Waals surface area (Å²) in [4.78, 5) is 11.4. The number of anilines is 1. The Labute approximate surface area is 221 Å². The lowest BCUT2D eigenvalue weighted by molar-refractivity contribution is 0.0156. The average Bonchev–Trinajstić information content (AvgIpc) is 3.34. The molecule has 4 aromatic heterocycles. The summed E-state index contributed by atoms with van der Waals surface area (Å²) in [5, 5.41) is 25.2. The second-order valence-corrected chi connectivity index (χ2v) is 11.1. The highest BCUT2D eigenvalue weighted by molar-refractivity contribution is 5.85. The van der Waals surface area contributed by atoms with Crippen molar-refractivity contribution in [3.8, 4) is 22.9 Å². The van der Waals surface area contributed by atoms with Gasteiger partial charge in [-0.25, -0.2) is 9.50 Å². The van der Waals surface area contributed by atoms with Crippen LogP contribution in [0.2, 0.25) is 0 Å². The van der Waals surface area contributed by atoms with Gasteiger partial charge >= 0.3 is 0 Å². The number of aliphatic hydroxyl groups is 1. The van der Waals surface area contributed by atoms with Gasteiger partial charge in [0.15, 0.2) is 0 Å². The molecule has 1 saturated heterocycles. The van der Waals surface area contributed by atoms with Crippen LogP contribution >= 0.6 is 0 Å². The first-order valence-corrected chi connectivity index (χ1v) is 13.5. The van der Waals surface area contributed by atoms with E-state index in [1.54, 1.807) is 16.9 Å². The quantitative estimate of drug-likeness (QED) is 0.413. The van der Waals surface area contributed by atoms with E-state index in [4.69, 9.17) is 9.72 Å². The second-order valence-electron chi connectivity index (χ2n) is 11.1. The molecule has 3 fully saturated rings. The van der Waals surface area contributed by atoms with Crippen LogP contribution in [-0.4, -0.2) is 49.5 Å². The molecule has 1 aliphatic heterocycles. The summed E-state index contributed by atoms with van der Waals surface area (Å²) in [7, 11) is 0. The Bertz CT molecular complexity index is 1490. The molecular weight excluding hydrogens is 476 g/mol. The van der Waals surface area contributed by atoms with Crippen molar-refractivity contribution in [2.24, 2.45) is 11.8 Å². The van der Waals surface area contributed by atoms with Crippen LogP contribution < -0.4 is 9.64 Å². The average molecular weight is 507 g/mol.